The van der Waals surface area contributed by atoms with E-state index in [-0.39, 0.29) is 17.9 Å². The van der Waals surface area contributed by atoms with Crippen LogP contribution in [0.15, 0.2) is 36.9 Å². The standard InChI is InChI=1S/C19H23N5O2/c1-12(2)23-11-16(9-22-23)15-6-18(17-4-5-21-24(17)10-15)26-13(3)14-7-19(25)20-8-14/h4-6,9-14H,7-8H2,1-3H3,(H,20,25)/t13-,14-/m1/s1. The Labute approximate surface area is 152 Å². The SMILES string of the molecule is CC(C)n1cc(-c2cc(O[C@H](C)[C@H]3CNC(=O)C3)c3ccnn3c2)cn1. The first-order valence-corrected chi connectivity index (χ1v) is 8.96. The van der Waals surface area contributed by atoms with E-state index in [0.717, 1.165) is 22.4 Å². The number of hydrogen-bond donors (Lipinski definition) is 1. The fourth-order valence-corrected chi connectivity index (χ4v) is 3.27. The zero-order chi connectivity index (χ0) is 18.3. The number of carbonyl (C=O) groups is 1. The van der Waals surface area contributed by atoms with Crippen molar-refractivity contribution in [3.8, 4) is 16.9 Å². The Morgan fingerprint density at radius 2 is 2.08 bits per heavy atom. The molecule has 0 radical (unpaired) electrons. The topological polar surface area (TPSA) is 73.5 Å². The maximum absolute atomic E-state index is 11.5. The quantitative estimate of drug-likeness (QED) is 0.765. The molecule has 0 unspecified atom stereocenters. The summed E-state index contributed by atoms with van der Waals surface area (Å²) in [5, 5.41) is 11.7. The van der Waals surface area contributed by atoms with Crippen LogP contribution in [0.4, 0.5) is 0 Å². The van der Waals surface area contributed by atoms with Crippen LogP contribution in [-0.2, 0) is 4.79 Å². The van der Waals surface area contributed by atoms with Crippen LogP contribution in [0.1, 0.15) is 33.2 Å². The van der Waals surface area contributed by atoms with Crippen molar-refractivity contribution in [2.45, 2.75) is 39.3 Å². The molecule has 0 aliphatic carbocycles. The summed E-state index contributed by atoms with van der Waals surface area (Å²) in [4.78, 5) is 11.5. The molecule has 3 aromatic heterocycles. The Morgan fingerprint density at radius 1 is 1.23 bits per heavy atom. The van der Waals surface area contributed by atoms with Crippen molar-refractivity contribution in [2.75, 3.05) is 6.54 Å². The average molecular weight is 353 g/mol. The largest absolute Gasteiger partial charge is 0.488 e. The average Bonchev–Trinajstić information content (AvgIpc) is 3.34. The van der Waals surface area contributed by atoms with Gasteiger partial charge in [-0.05, 0) is 32.9 Å². The van der Waals surface area contributed by atoms with E-state index in [1.54, 1.807) is 6.20 Å². The second kappa shape index (κ2) is 6.48. The molecule has 1 aliphatic heterocycles. The summed E-state index contributed by atoms with van der Waals surface area (Å²) in [6.07, 6.45) is 8.07. The van der Waals surface area contributed by atoms with Crippen molar-refractivity contribution >= 4 is 11.4 Å². The van der Waals surface area contributed by atoms with E-state index < -0.39 is 0 Å². The number of rotatable bonds is 5. The molecule has 3 aromatic rings. The van der Waals surface area contributed by atoms with Gasteiger partial charge in [-0.2, -0.15) is 10.2 Å². The lowest BCUT2D eigenvalue weighted by atomic mass is 10.0. The lowest BCUT2D eigenvalue weighted by molar-refractivity contribution is -0.119. The van der Waals surface area contributed by atoms with Crippen molar-refractivity contribution in [1.82, 2.24) is 24.7 Å². The van der Waals surface area contributed by atoms with Crippen LogP contribution in [0, 0.1) is 5.92 Å². The van der Waals surface area contributed by atoms with Crippen molar-refractivity contribution in [1.29, 1.82) is 0 Å². The Kier molecular flexibility index (Phi) is 4.14. The molecule has 0 bridgehead atoms. The summed E-state index contributed by atoms with van der Waals surface area (Å²) in [6.45, 7) is 6.87. The number of pyridine rings is 1. The molecule has 1 N–H and O–H groups in total. The van der Waals surface area contributed by atoms with Crippen LogP contribution in [0.5, 0.6) is 5.75 Å². The zero-order valence-corrected chi connectivity index (χ0v) is 15.2. The molecule has 0 spiro atoms. The van der Waals surface area contributed by atoms with E-state index in [0.29, 0.717) is 19.0 Å². The number of aromatic nitrogens is 4. The first-order valence-electron chi connectivity index (χ1n) is 8.96. The molecule has 26 heavy (non-hydrogen) atoms. The van der Waals surface area contributed by atoms with Crippen LogP contribution in [0.25, 0.3) is 16.6 Å². The van der Waals surface area contributed by atoms with Gasteiger partial charge in [-0.1, -0.05) is 0 Å². The van der Waals surface area contributed by atoms with Gasteiger partial charge in [0.1, 0.15) is 17.4 Å². The Balaban J connectivity index is 1.67. The molecule has 4 rings (SSSR count). The third-order valence-corrected chi connectivity index (χ3v) is 4.92. The molecule has 2 atom stereocenters. The number of nitrogens with one attached hydrogen (secondary N) is 1. The third-order valence-electron chi connectivity index (χ3n) is 4.92. The lowest BCUT2D eigenvalue weighted by Crippen LogP contribution is -2.25. The Bertz CT molecular complexity index is 942. The van der Waals surface area contributed by atoms with E-state index in [4.69, 9.17) is 4.74 Å². The summed E-state index contributed by atoms with van der Waals surface area (Å²) < 4.78 is 10.0. The number of hydrogen-bond acceptors (Lipinski definition) is 4. The molecule has 1 aliphatic rings. The van der Waals surface area contributed by atoms with Crippen molar-refractivity contribution < 1.29 is 9.53 Å². The highest BCUT2D eigenvalue weighted by molar-refractivity contribution is 5.78. The number of nitrogens with zero attached hydrogens (tertiary/aromatic N) is 4. The lowest BCUT2D eigenvalue weighted by Gasteiger charge is -2.20. The van der Waals surface area contributed by atoms with Gasteiger partial charge in [-0.25, -0.2) is 4.52 Å². The van der Waals surface area contributed by atoms with Crippen LogP contribution < -0.4 is 10.1 Å². The molecule has 0 aromatic carbocycles. The van der Waals surface area contributed by atoms with Gasteiger partial charge in [0.25, 0.3) is 0 Å². The molecule has 1 saturated heterocycles. The van der Waals surface area contributed by atoms with Gasteiger partial charge in [0.15, 0.2) is 0 Å². The fraction of sp³-hybridized carbons (Fsp3) is 0.421. The smallest absolute Gasteiger partial charge is 0.220 e. The Morgan fingerprint density at radius 3 is 2.77 bits per heavy atom. The van der Waals surface area contributed by atoms with Crippen LogP contribution >= 0.6 is 0 Å². The predicted molar refractivity (Wildman–Crippen MR) is 98.0 cm³/mol. The normalized spacial score (nSPS) is 18.5. The Hall–Kier alpha value is -2.83. The van der Waals surface area contributed by atoms with Crippen molar-refractivity contribution in [3.05, 3.63) is 36.9 Å². The highest BCUT2D eigenvalue weighted by Gasteiger charge is 2.28. The summed E-state index contributed by atoms with van der Waals surface area (Å²) in [5.41, 5.74) is 2.93. The third kappa shape index (κ3) is 3.05. The molecule has 136 valence electrons. The number of ether oxygens (including phenoxy) is 1. The molecule has 1 amide bonds. The predicted octanol–water partition coefficient (Wildman–Crippen LogP) is 2.68. The summed E-state index contributed by atoms with van der Waals surface area (Å²) >= 11 is 0. The van der Waals surface area contributed by atoms with E-state index in [1.807, 2.05) is 46.8 Å². The molecular weight excluding hydrogens is 330 g/mol. The maximum atomic E-state index is 11.5. The van der Waals surface area contributed by atoms with Crippen LogP contribution in [0.2, 0.25) is 0 Å². The highest BCUT2D eigenvalue weighted by atomic mass is 16.5. The monoisotopic (exact) mass is 353 g/mol. The number of fused-ring (bicyclic) bond motifs is 1. The van der Waals surface area contributed by atoms with Gasteiger partial charge in [0.2, 0.25) is 5.91 Å². The molecule has 7 heteroatoms. The van der Waals surface area contributed by atoms with E-state index in [9.17, 15) is 4.79 Å². The minimum Gasteiger partial charge on any atom is -0.488 e. The second-order valence-corrected chi connectivity index (χ2v) is 7.15. The molecule has 7 nitrogen and oxygen atoms in total. The minimum atomic E-state index is -0.0683. The second-order valence-electron chi connectivity index (χ2n) is 7.15. The molecule has 4 heterocycles. The minimum absolute atomic E-state index is 0.0683. The van der Waals surface area contributed by atoms with Gasteiger partial charge in [0.05, 0.1) is 12.4 Å². The van der Waals surface area contributed by atoms with E-state index in [2.05, 4.69) is 29.4 Å². The first-order chi connectivity index (χ1) is 12.5. The van der Waals surface area contributed by atoms with Crippen molar-refractivity contribution in [3.63, 3.8) is 0 Å². The number of carbonyl (C=O) groups excluding carboxylic acids is 1. The fourth-order valence-electron chi connectivity index (χ4n) is 3.27. The van der Waals surface area contributed by atoms with Gasteiger partial charge in [-0.15, -0.1) is 0 Å². The zero-order valence-electron chi connectivity index (χ0n) is 15.2. The van der Waals surface area contributed by atoms with Gasteiger partial charge < -0.3 is 10.1 Å². The molecular formula is C19H23N5O2. The molecule has 0 saturated carbocycles. The van der Waals surface area contributed by atoms with Crippen LogP contribution in [-0.4, -0.2) is 38.0 Å². The highest BCUT2D eigenvalue weighted by Crippen LogP contribution is 2.30. The summed E-state index contributed by atoms with van der Waals surface area (Å²) in [5.74, 6) is 1.04. The maximum Gasteiger partial charge on any atom is 0.220 e. The summed E-state index contributed by atoms with van der Waals surface area (Å²) in [6, 6.07) is 4.27. The van der Waals surface area contributed by atoms with Gasteiger partial charge in [-0.3, -0.25) is 9.48 Å². The van der Waals surface area contributed by atoms with Gasteiger partial charge in [0, 0.05) is 48.4 Å². The van der Waals surface area contributed by atoms with Crippen LogP contribution in [0.3, 0.4) is 0 Å². The molecule has 1 fully saturated rings. The number of amides is 1. The first kappa shape index (κ1) is 16.6. The van der Waals surface area contributed by atoms with E-state index in [1.165, 1.54) is 0 Å². The van der Waals surface area contributed by atoms with Gasteiger partial charge >= 0.3 is 0 Å². The van der Waals surface area contributed by atoms with Crippen molar-refractivity contribution in [2.24, 2.45) is 5.92 Å². The van der Waals surface area contributed by atoms with E-state index >= 15 is 0 Å². The summed E-state index contributed by atoms with van der Waals surface area (Å²) in [7, 11) is 0.